The predicted molar refractivity (Wildman–Crippen MR) is 109 cm³/mol. The average Bonchev–Trinajstić information content (AvgIpc) is 2.71. The number of Topliss-reactive ketones (excluding diaryl/α,β-unsaturated/α-hetero) is 1. The van der Waals surface area contributed by atoms with E-state index in [1.165, 1.54) is 24.3 Å². The second kappa shape index (κ2) is 7.23. The highest BCUT2D eigenvalue weighted by atomic mass is 19.1. The Morgan fingerprint density at radius 2 is 1.83 bits per heavy atom. The summed E-state index contributed by atoms with van der Waals surface area (Å²) in [5.74, 6) is -2.29. The van der Waals surface area contributed by atoms with Gasteiger partial charge in [-0.15, -0.1) is 0 Å². The molecule has 156 valence electrons. The molecule has 3 aliphatic rings. The van der Waals surface area contributed by atoms with Crippen molar-refractivity contribution in [3.8, 4) is 0 Å². The van der Waals surface area contributed by atoms with Crippen LogP contribution < -0.4 is 5.32 Å². The summed E-state index contributed by atoms with van der Waals surface area (Å²) < 4.78 is 42.8. The van der Waals surface area contributed by atoms with Crippen LogP contribution in [0.25, 0.3) is 0 Å². The fourth-order valence-electron chi connectivity index (χ4n) is 5.10. The van der Waals surface area contributed by atoms with Gasteiger partial charge in [-0.2, -0.15) is 0 Å². The third-order valence-electron chi connectivity index (χ3n) is 6.60. The fourth-order valence-corrected chi connectivity index (χ4v) is 5.10. The zero-order valence-electron chi connectivity index (χ0n) is 16.6. The van der Waals surface area contributed by atoms with Gasteiger partial charge in [0.25, 0.3) is 0 Å². The number of rotatable bonds is 2. The minimum atomic E-state index is -0.639. The van der Waals surface area contributed by atoms with Crippen LogP contribution in [0.1, 0.15) is 40.2 Å². The van der Waals surface area contributed by atoms with Gasteiger partial charge >= 0.3 is 0 Å². The van der Waals surface area contributed by atoms with Crippen molar-refractivity contribution in [2.75, 3.05) is 32.0 Å². The summed E-state index contributed by atoms with van der Waals surface area (Å²) in [6.45, 7) is 1.73. The van der Waals surface area contributed by atoms with Gasteiger partial charge < -0.3 is 10.2 Å². The van der Waals surface area contributed by atoms with E-state index in [4.69, 9.17) is 0 Å². The Morgan fingerprint density at radius 3 is 2.57 bits per heavy atom. The number of benzene rings is 2. The van der Waals surface area contributed by atoms with Gasteiger partial charge in [-0.3, -0.25) is 9.79 Å². The van der Waals surface area contributed by atoms with Gasteiger partial charge in [0.1, 0.15) is 24.0 Å². The van der Waals surface area contributed by atoms with Crippen molar-refractivity contribution in [2.24, 2.45) is 10.9 Å². The molecule has 2 aromatic carbocycles. The molecule has 2 atom stereocenters. The number of ketones is 1. The highest BCUT2D eigenvalue weighted by molar-refractivity contribution is 6.21. The first kappa shape index (κ1) is 19.3. The molecule has 0 saturated carbocycles. The number of carbonyl (C=O) groups is 1. The summed E-state index contributed by atoms with van der Waals surface area (Å²) >= 11 is 0. The molecular formula is C23H22F3N3O. The Labute approximate surface area is 172 Å². The van der Waals surface area contributed by atoms with E-state index in [0.29, 0.717) is 22.5 Å². The Hall–Kier alpha value is -2.67. The summed E-state index contributed by atoms with van der Waals surface area (Å²) in [5, 5.41) is 3.42. The standard InChI is InChI=1S/C23H22F3N3O/c1-29-6-4-12(5-7-29)22-21(15-3-2-13(24)9-17(15)26)23-20-16(19(30)11-27-23)8-14(25)10-18(20)28-22/h2-3,8-10,12,21-22,28H,4-7,11H2,1H3/t21-,22-/m0/s1. The van der Waals surface area contributed by atoms with E-state index in [0.717, 1.165) is 32.0 Å². The van der Waals surface area contributed by atoms with Crippen molar-refractivity contribution in [1.29, 1.82) is 0 Å². The monoisotopic (exact) mass is 413 g/mol. The van der Waals surface area contributed by atoms with Gasteiger partial charge in [0, 0.05) is 34.8 Å². The van der Waals surface area contributed by atoms with Crippen molar-refractivity contribution in [3.05, 3.63) is 64.5 Å². The number of carbonyl (C=O) groups excluding carboxylic acids is 1. The van der Waals surface area contributed by atoms with Crippen LogP contribution in [0.4, 0.5) is 18.9 Å². The van der Waals surface area contributed by atoms with E-state index in [1.54, 1.807) is 0 Å². The lowest BCUT2D eigenvalue weighted by atomic mass is 9.71. The molecule has 30 heavy (non-hydrogen) atoms. The van der Waals surface area contributed by atoms with Crippen molar-refractivity contribution in [1.82, 2.24) is 4.90 Å². The molecule has 0 bridgehead atoms. The third kappa shape index (κ3) is 3.12. The van der Waals surface area contributed by atoms with Gasteiger partial charge in [-0.1, -0.05) is 6.07 Å². The Morgan fingerprint density at radius 1 is 1.07 bits per heavy atom. The molecule has 0 aromatic heterocycles. The molecule has 1 fully saturated rings. The van der Waals surface area contributed by atoms with Crippen LogP contribution in [-0.2, 0) is 0 Å². The lowest BCUT2D eigenvalue weighted by molar-refractivity contribution is 0.0999. The largest absolute Gasteiger partial charge is 0.380 e. The summed E-state index contributed by atoms with van der Waals surface area (Å²) in [5.41, 5.74) is 2.29. The Balaban J connectivity index is 1.68. The lowest BCUT2D eigenvalue weighted by Crippen LogP contribution is -2.48. The summed E-state index contributed by atoms with van der Waals surface area (Å²) in [7, 11) is 2.06. The smallest absolute Gasteiger partial charge is 0.185 e. The van der Waals surface area contributed by atoms with Crippen molar-refractivity contribution in [3.63, 3.8) is 0 Å². The molecule has 2 aromatic rings. The van der Waals surface area contributed by atoms with Crippen molar-refractivity contribution >= 4 is 17.2 Å². The molecule has 1 saturated heterocycles. The number of anilines is 1. The van der Waals surface area contributed by atoms with Crippen LogP contribution in [0.3, 0.4) is 0 Å². The summed E-state index contributed by atoms with van der Waals surface area (Å²) in [6, 6.07) is 5.98. The number of nitrogens with one attached hydrogen (secondary N) is 1. The molecule has 7 heteroatoms. The number of aliphatic imine (C=N–C) groups is 1. The molecule has 5 rings (SSSR count). The maximum atomic E-state index is 14.9. The first-order chi connectivity index (χ1) is 14.4. The van der Waals surface area contributed by atoms with E-state index >= 15 is 0 Å². The number of hydrogen-bond acceptors (Lipinski definition) is 4. The summed E-state index contributed by atoms with van der Waals surface area (Å²) in [6.07, 6.45) is 1.80. The number of nitrogens with zero attached hydrogens (tertiary/aromatic N) is 2. The third-order valence-corrected chi connectivity index (χ3v) is 6.60. The van der Waals surface area contributed by atoms with Crippen LogP contribution in [0, 0.1) is 23.4 Å². The van der Waals surface area contributed by atoms with Crippen LogP contribution in [0.15, 0.2) is 35.3 Å². The van der Waals surface area contributed by atoms with E-state index in [1.807, 2.05) is 0 Å². The second-order valence-corrected chi connectivity index (χ2v) is 8.45. The highest BCUT2D eigenvalue weighted by Gasteiger charge is 2.43. The zero-order chi connectivity index (χ0) is 21.0. The number of piperidine rings is 1. The topological polar surface area (TPSA) is 44.7 Å². The molecule has 0 aliphatic carbocycles. The number of likely N-dealkylation sites (tertiary alicyclic amines) is 1. The molecule has 0 spiro atoms. The van der Waals surface area contributed by atoms with Gasteiger partial charge in [0.2, 0.25) is 0 Å². The molecule has 3 heterocycles. The summed E-state index contributed by atoms with van der Waals surface area (Å²) in [4.78, 5) is 19.2. The van der Waals surface area contributed by atoms with Crippen LogP contribution in [-0.4, -0.2) is 49.1 Å². The second-order valence-electron chi connectivity index (χ2n) is 8.45. The van der Waals surface area contributed by atoms with Gasteiger partial charge in [-0.25, -0.2) is 13.2 Å². The normalized spacial score (nSPS) is 24.3. The lowest BCUT2D eigenvalue weighted by Gasteiger charge is -2.44. The quantitative estimate of drug-likeness (QED) is 0.809. The first-order valence-electron chi connectivity index (χ1n) is 10.2. The maximum absolute atomic E-state index is 14.9. The molecule has 3 aliphatic heterocycles. The van der Waals surface area contributed by atoms with E-state index in [2.05, 4.69) is 22.3 Å². The van der Waals surface area contributed by atoms with E-state index < -0.39 is 23.4 Å². The van der Waals surface area contributed by atoms with Crippen LogP contribution in [0.2, 0.25) is 0 Å². The Kier molecular flexibility index (Phi) is 4.65. The van der Waals surface area contributed by atoms with Gasteiger partial charge in [0.05, 0.1) is 5.71 Å². The zero-order valence-corrected chi connectivity index (χ0v) is 16.6. The fraction of sp³-hybridized carbons (Fsp3) is 0.391. The maximum Gasteiger partial charge on any atom is 0.185 e. The van der Waals surface area contributed by atoms with Crippen molar-refractivity contribution < 1.29 is 18.0 Å². The minimum absolute atomic E-state index is 0.0926. The average molecular weight is 413 g/mol. The molecule has 0 radical (unpaired) electrons. The molecule has 0 amide bonds. The van der Waals surface area contributed by atoms with Crippen LogP contribution >= 0.6 is 0 Å². The molecule has 1 N–H and O–H groups in total. The van der Waals surface area contributed by atoms with Crippen molar-refractivity contribution in [2.45, 2.75) is 24.8 Å². The van der Waals surface area contributed by atoms with E-state index in [9.17, 15) is 18.0 Å². The van der Waals surface area contributed by atoms with Gasteiger partial charge in [0.15, 0.2) is 5.78 Å². The Bertz CT molecular complexity index is 1060. The highest BCUT2D eigenvalue weighted by Crippen LogP contribution is 2.44. The van der Waals surface area contributed by atoms with E-state index in [-0.39, 0.29) is 29.9 Å². The SMILES string of the molecule is CN1CCC([C@@H]2Nc3cc(F)cc4c3C(=NCC4=O)[C@H]2c2ccc(F)cc2F)CC1. The molecular weight excluding hydrogens is 391 g/mol. The predicted octanol–water partition coefficient (Wildman–Crippen LogP) is 4.01. The first-order valence-corrected chi connectivity index (χ1v) is 10.2. The number of halogens is 3. The van der Waals surface area contributed by atoms with Crippen LogP contribution in [0.5, 0.6) is 0 Å². The minimum Gasteiger partial charge on any atom is -0.380 e. The molecule has 4 nitrogen and oxygen atoms in total. The molecule has 0 unspecified atom stereocenters. The number of hydrogen-bond donors (Lipinski definition) is 1. The van der Waals surface area contributed by atoms with Gasteiger partial charge in [-0.05, 0) is 62.7 Å².